The minimum atomic E-state index is 0.823. The quantitative estimate of drug-likeness (QED) is 0.343. The van der Waals surface area contributed by atoms with Gasteiger partial charge in [0, 0.05) is 6.08 Å². The van der Waals surface area contributed by atoms with Gasteiger partial charge in [0.15, 0.2) is 0 Å². The molecule has 0 aromatic heterocycles. The fourth-order valence-electron chi connectivity index (χ4n) is 0.460. The Morgan fingerprint density at radius 2 is 2.38 bits per heavy atom. The third-order valence-electron chi connectivity index (χ3n) is 0.864. The zero-order chi connectivity index (χ0) is 5.82. The summed E-state index contributed by atoms with van der Waals surface area (Å²) >= 11 is 0. The Kier molecular flexibility index (Phi) is 1.44. The van der Waals surface area contributed by atoms with Crippen LogP contribution >= 0.6 is 0 Å². The first-order chi connectivity index (χ1) is 3.93. The lowest BCUT2D eigenvalue weighted by Gasteiger charge is -1.96. The van der Waals surface area contributed by atoms with Crippen LogP contribution in [0.2, 0.25) is 0 Å². The molecule has 0 aromatic carbocycles. The van der Waals surface area contributed by atoms with Crippen LogP contribution in [-0.2, 0) is 4.65 Å². The molecule has 38 valence electrons. The Hall–Kier alpha value is -1.10. The second kappa shape index (κ2) is 2.27. The van der Waals surface area contributed by atoms with E-state index < -0.39 is 0 Å². The highest BCUT2D eigenvalue weighted by Crippen LogP contribution is 1.97. The first kappa shape index (κ1) is 5.05. The van der Waals surface area contributed by atoms with Crippen molar-refractivity contribution in [1.82, 2.24) is 0 Å². The molecule has 0 heterocycles. The van der Waals surface area contributed by atoms with E-state index in [2.05, 4.69) is 11.5 Å². The molecule has 0 amide bonds. The highest BCUT2D eigenvalue weighted by Gasteiger charge is 1.84. The third kappa shape index (κ3) is 0.943. The molecule has 8 heavy (non-hydrogen) atoms. The highest BCUT2D eigenvalue weighted by molar-refractivity contribution is 5.99. The lowest BCUT2D eigenvalue weighted by atomic mass is 10.3. The van der Waals surface area contributed by atoms with Gasteiger partial charge in [0.1, 0.15) is 5.76 Å². The van der Waals surface area contributed by atoms with Crippen LogP contribution < -0.4 is 0 Å². The molecule has 0 fully saturated rings. The van der Waals surface area contributed by atoms with Crippen molar-refractivity contribution in [2.75, 3.05) is 0 Å². The molecule has 1 aliphatic rings. The third-order valence-corrected chi connectivity index (χ3v) is 0.864. The lowest BCUT2D eigenvalue weighted by Crippen LogP contribution is -1.81. The summed E-state index contributed by atoms with van der Waals surface area (Å²) < 4.78 is 4.86. The second-order valence-electron chi connectivity index (χ2n) is 1.37. The van der Waals surface area contributed by atoms with Crippen LogP contribution in [0.5, 0.6) is 0 Å². The van der Waals surface area contributed by atoms with Crippen LogP contribution in [0, 0.1) is 0 Å². The molecule has 1 nitrogen and oxygen atoms in total. The first-order valence-corrected chi connectivity index (χ1v) is 2.35. The van der Waals surface area contributed by atoms with E-state index in [0.29, 0.717) is 0 Å². The summed E-state index contributed by atoms with van der Waals surface area (Å²) in [6, 6.07) is 0. The standard InChI is InChI=1S/C6H5BO/c7-8-6-4-2-1-3-5-6/h2,4-5H,7H2. The van der Waals surface area contributed by atoms with Gasteiger partial charge in [-0.15, -0.1) is 0 Å². The number of rotatable bonds is 1. The Bertz CT molecular complexity index is 203. The van der Waals surface area contributed by atoms with E-state index in [-0.39, 0.29) is 0 Å². The lowest BCUT2D eigenvalue weighted by molar-refractivity contribution is 0.492. The predicted octanol–water partition coefficient (Wildman–Crippen LogP) is 0.315. The fraction of sp³-hybridized carbons (Fsp3) is 0. The Balaban J connectivity index is 2.80. The van der Waals surface area contributed by atoms with E-state index in [1.54, 1.807) is 20.2 Å². The molecule has 0 atom stereocenters. The minimum absolute atomic E-state index is 0.823. The first-order valence-electron chi connectivity index (χ1n) is 2.35. The van der Waals surface area contributed by atoms with Crippen molar-refractivity contribution in [3.8, 4) is 0 Å². The summed E-state index contributed by atoms with van der Waals surface area (Å²) in [5, 5.41) is 0. The maximum Gasteiger partial charge on any atom is 0.322 e. The van der Waals surface area contributed by atoms with Crippen molar-refractivity contribution >= 4 is 8.05 Å². The molecule has 0 unspecified atom stereocenters. The summed E-state index contributed by atoms with van der Waals surface area (Å²) in [6.07, 6.45) is 5.33. The molecule has 1 rings (SSSR count). The van der Waals surface area contributed by atoms with E-state index in [4.69, 9.17) is 4.65 Å². The van der Waals surface area contributed by atoms with E-state index in [0.717, 1.165) is 5.76 Å². The summed E-state index contributed by atoms with van der Waals surface area (Å²) in [5.41, 5.74) is 5.52. The average molecular weight is 104 g/mol. The van der Waals surface area contributed by atoms with Crippen LogP contribution in [0.3, 0.4) is 0 Å². The topological polar surface area (TPSA) is 9.23 Å². The SMILES string of the molecule is BOC1=CC=C=C=C1. The van der Waals surface area contributed by atoms with E-state index in [1.807, 2.05) is 6.08 Å². The fourth-order valence-corrected chi connectivity index (χ4v) is 0.460. The van der Waals surface area contributed by atoms with Gasteiger partial charge in [-0.25, -0.2) is 0 Å². The van der Waals surface area contributed by atoms with Crippen molar-refractivity contribution in [2.45, 2.75) is 0 Å². The van der Waals surface area contributed by atoms with Gasteiger partial charge in [-0.3, -0.25) is 0 Å². The zero-order valence-corrected chi connectivity index (χ0v) is 4.64. The molecule has 0 radical (unpaired) electrons. The molecule has 0 bridgehead atoms. The van der Waals surface area contributed by atoms with E-state index >= 15 is 0 Å². The summed E-state index contributed by atoms with van der Waals surface area (Å²) in [7, 11) is 1.63. The van der Waals surface area contributed by atoms with Gasteiger partial charge in [-0.1, -0.05) is 11.5 Å². The van der Waals surface area contributed by atoms with Crippen molar-refractivity contribution in [1.29, 1.82) is 0 Å². The zero-order valence-electron chi connectivity index (χ0n) is 4.64. The van der Waals surface area contributed by atoms with Crippen molar-refractivity contribution < 1.29 is 4.65 Å². The maximum absolute atomic E-state index is 4.86. The average Bonchev–Trinajstić information content (AvgIpc) is 1.90. The van der Waals surface area contributed by atoms with E-state index in [1.165, 1.54) is 0 Å². The van der Waals surface area contributed by atoms with Gasteiger partial charge in [-0.2, -0.15) is 0 Å². The number of hydrogen-bond acceptors (Lipinski definition) is 1. The minimum Gasteiger partial charge on any atom is -0.567 e. The molecular formula is C6H5BO. The molecule has 0 saturated heterocycles. The van der Waals surface area contributed by atoms with Crippen LogP contribution in [0.4, 0.5) is 0 Å². The molecule has 1 aliphatic carbocycles. The van der Waals surface area contributed by atoms with Gasteiger partial charge in [-0.05, 0) is 12.2 Å². The molecule has 0 aromatic rings. The highest BCUT2D eigenvalue weighted by atomic mass is 16.4. The van der Waals surface area contributed by atoms with E-state index in [9.17, 15) is 0 Å². The van der Waals surface area contributed by atoms with Crippen LogP contribution in [0.15, 0.2) is 35.4 Å². The Labute approximate surface area is 49.1 Å². The molecule has 0 N–H and O–H groups in total. The normalized spacial score (nSPS) is 13.8. The van der Waals surface area contributed by atoms with Crippen LogP contribution in [0.25, 0.3) is 0 Å². The monoisotopic (exact) mass is 104 g/mol. The van der Waals surface area contributed by atoms with Crippen molar-refractivity contribution in [3.05, 3.63) is 35.4 Å². The van der Waals surface area contributed by atoms with Crippen LogP contribution in [-0.4, -0.2) is 8.05 Å². The molecule has 0 saturated carbocycles. The molecule has 0 aliphatic heterocycles. The largest absolute Gasteiger partial charge is 0.567 e. The summed E-state index contributed by atoms with van der Waals surface area (Å²) in [4.78, 5) is 0. The van der Waals surface area contributed by atoms with Crippen molar-refractivity contribution in [2.24, 2.45) is 0 Å². The summed E-state index contributed by atoms with van der Waals surface area (Å²) in [6.45, 7) is 0. The predicted molar refractivity (Wildman–Crippen MR) is 33.9 cm³/mol. The Morgan fingerprint density at radius 1 is 1.50 bits per heavy atom. The van der Waals surface area contributed by atoms with Gasteiger partial charge >= 0.3 is 8.05 Å². The molecular weight excluding hydrogens is 98.9 g/mol. The van der Waals surface area contributed by atoms with Gasteiger partial charge in [0.05, 0.1) is 0 Å². The van der Waals surface area contributed by atoms with Gasteiger partial charge in [0.2, 0.25) is 0 Å². The van der Waals surface area contributed by atoms with Gasteiger partial charge < -0.3 is 4.65 Å². The molecule has 2 heteroatoms. The smallest absolute Gasteiger partial charge is 0.322 e. The van der Waals surface area contributed by atoms with Crippen LogP contribution in [0.1, 0.15) is 0 Å². The number of allylic oxidation sites excluding steroid dienone is 3. The van der Waals surface area contributed by atoms with Gasteiger partial charge in [0.25, 0.3) is 0 Å². The second-order valence-corrected chi connectivity index (χ2v) is 1.37. The Morgan fingerprint density at radius 3 is 2.75 bits per heavy atom. The van der Waals surface area contributed by atoms with Crippen molar-refractivity contribution in [3.63, 3.8) is 0 Å². The maximum atomic E-state index is 4.86. The number of hydrogen-bond donors (Lipinski definition) is 0. The summed E-state index contributed by atoms with van der Waals surface area (Å²) in [5.74, 6) is 0.823. The molecule has 0 spiro atoms.